The number of piperazine rings is 1. The maximum Gasteiger partial charge on any atom is 0.254 e. The monoisotopic (exact) mass is 581 g/mol. The first kappa shape index (κ1) is 28.9. The molecule has 0 spiro atoms. The van der Waals surface area contributed by atoms with Crippen LogP contribution in [0.5, 0.6) is 5.75 Å². The van der Waals surface area contributed by atoms with E-state index in [1.54, 1.807) is 41.2 Å². The lowest BCUT2D eigenvalue weighted by molar-refractivity contribution is -0.136. The van der Waals surface area contributed by atoms with E-state index in [9.17, 15) is 14.4 Å². The van der Waals surface area contributed by atoms with Gasteiger partial charge in [-0.1, -0.05) is 90.5 Å². The van der Waals surface area contributed by atoms with Crippen LogP contribution in [0.25, 0.3) is 0 Å². The van der Waals surface area contributed by atoms with Gasteiger partial charge in [0, 0.05) is 23.7 Å². The fourth-order valence-corrected chi connectivity index (χ4v) is 5.37. The molecule has 8 heteroatoms. The molecule has 1 fully saturated rings. The van der Waals surface area contributed by atoms with Gasteiger partial charge in [0.1, 0.15) is 11.8 Å². The van der Waals surface area contributed by atoms with E-state index in [1.165, 1.54) is 0 Å². The van der Waals surface area contributed by atoms with Crippen LogP contribution in [0.15, 0.2) is 109 Å². The predicted molar refractivity (Wildman–Crippen MR) is 162 cm³/mol. The van der Waals surface area contributed by atoms with E-state index in [2.05, 4.69) is 5.32 Å². The highest BCUT2D eigenvalue weighted by Crippen LogP contribution is 2.24. The molecular formula is C34H32ClN3O4. The standard InChI is InChI=1S/C34H32ClN3O4/c1-42-29-17-15-24(16-18-29)21-31(39)37-19-20-38(34(41)27-13-8-14-28(35)22-27)30(23-37)33(40)36-32(25-9-4-2-5-10-25)26-11-6-3-7-12-26/h2-18,22,30,32H,19-21,23H2,1H3,(H,36,40). The summed E-state index contributed by atoms with van der Waals surface area (Å²) in [5, 5.41) is 3.61. The first-order chi connectivity index (χ1) is 20.4. The minimum absolute atomic E-state index is 0.0728. The molecule has 1 saturated heterocycles. The summed E-state index contributed by atoms with van der Waals surface area (Å²) < 4.78 is 5.22. The number of carbonyl (C=O) groups excluding carboxylic acids is 3. The van der Waals surface area contributed by atoms with Gasteiger partial charge in [-0.3, -0.25) is 14.4 Å². The fraction of sp³-hybridized carbons (Fsp3) is 0.206. The molecule has 1 unspecified atom stereocenters. The van der Waals surface area contributed by atoms with Crippen LogP contribution >= 0.6 is 11.6 Å². The van der Waals surface area contributed by atoms with Crippen molar-refractivity contribution in [1.82, 2.24) is 15.1 Å². The summed E-state index contributed by atoms with van der Waals surface area (Å²) in [5.74, 6) is -0.0566. The number of hydrogen-bond acceptors (Lipinski definition) is 4. The van der Waals surface area contributed by atoms with Gasteiger partial charge in [-0.2, -0.15) is 0 Å². The Kier molecular flexibility index (Phi) is 9.19. The van der Waals surface area contributed by atoms with E-state index in [1.807, 2.05) is 84.9 Å². The summed E-state index contributed by atoms with van der Waals surface area (Å²) >= 11 is 6.18. The number of rotatable bonds is 8. The van der Waals surface area contributed by atoms with E-state index >= 15 is 0 Å². The van der Waals surface area contributed by atoms with Crippen LogP contribution in [0.1, 0.15) is 33.1 Å². The Morgan fingerprint density at radius 3 is 2.10 bits per heavy atom. The number of hydrogen-bond donors (Lipinski definition) is 1. The van der Waals surface area contributed by atoms with Crippen LogP contribution in [-0.2, 0) is 16.0 Å². The summed E-state index contributed by atoms with van der Waals surface area (Å²) in [5.41, 5.74) is 3.05. The molecule has 0 aromatic heterocycles. The first-order valence-electron chi connectivity index (χ1n) is 13.8. The summed E-state index contributed by atoms with van der Waals surface area (Å²) in [6, 6.07) is 32.0. The van der Waals surface area contributed by atoms with Gasteiger partial charge in [0.15, 0.2) is 0 Å². The predicted octanol–water partition coefficient (Wildman–Crippen LogP) is 5.15. The van der Waals surface area contributed by atoms with Gasteiger partial charge < -0.3 is 19.9 Å². The zero-order valence-electron chi connectivity index (χ0n) is 23.3. The zero-order chi connectivity index (χ0) is 29.5. The van der Waals surface area contributed by atoms with E-state index in [4.69, 9.17) is 16.3 Å². The van der Waals surface area contributed by atoms with Crippen LogP contribution in [0.2, 0.25) is 5.02 Å². The smallest absolute Gasteiger partial charge is 0.254 e. The molecule has 3 amide bonds. The zero-order valence-corrected chi connectivity index (χ0v) is 24.0. The Labute approximate surface area is 250 Å². The Morgan fingerprint density at radius 2 is 1.50 bits per heavy atom. The number of carbonyl (C=O) groups is 3. The maximum absolute atomic E-state index is 14.1. The van der Waals surface area contributed by atoms with Crippen molar-refractivity contribution in [2.45, 2.75) is 18.5 Å². The van der Waals surface area contributed by atoms with Crippen molar-refractivity contribution < 1.29 is 19.1 Å². The lowest BCUT2D eigenvalue weighted by Crippen LogP contribution is -2.62. The lowest BCUT2D eigenvalue weighted by atomic mass is 9.98. The highest BCUT2D eigenvalue weighted by molar-refractivity contribution is 6.31. The van der Waals surface area contributed by atoms with Crippen molar-refractivity contribution in [3.05, 3.63) is 136 Å². The molecule has 4 aromatic rings. The Bertz CT molecular complexity index is 1490. The molecule has 5 rings (SSSR count). The van der Waals surface area contributed by atoms with Gasteiger partial charge in [0.25, 0.3) is 5.91 Å². The largest absolute Gasteiger partial charge is 0.497 e. The Balaban J connectivity index is 1.41. The minimum atomic E-state index is -0.903. The number of benzene rings is 4. The normalized spacial score (nSPS) is 14.9. The molecule has 1 heterocycles. The minimum Gasteiger partial charge on any atom is -0.497 e. The third kappa shape index (κ3) is 6.81. The third-order valence-corrected chi connectivity index (χ3v) is 7.67. The quantitative estimate of drug-likeness (QED) is 0.312. The molecule has 0 radical (unpaired) electrons. The van der Waals surface area contributed by atoms with Gasteiger partial charge in [0.2, 0.25) is 11.8 Å². The summed E-state index contributed by atoms with van der Waals surface area (Å²) in [6.07, 6.45) is 0.178. The lowest BCUT2D eigenvalue weighted by Gasteiger charge is -2.41. The van der Waals surface area contributed by atoms with Crippen LogP contribution in [0.3, 0.4) is 0 Å². The Hall–Kier alpha value is -4.62. The topological polar surface area (TPSA) is 79.0 Å². The second-order valence-electron chi connectivity index (χ2n) is 10.2. The molecular weight excluding hydrogens is 550 g/mol. The van der Waals surface area contributed by atoms with Gasteiger partial charge in [-0.05, 0) is 47.0 Å². The molecule has 0 saturated carbocycles. The van der Waals surface area contributed by atoms with E-state index < -0.39 is 12.1 Å². The second-order valence-corrected chi connectivity index (χ2v) is 10.6. The number of methoxy groups -OCH3 is 1. The Morgan fingerprint density at radius 1 is 0.857 bits per heavy atom. The van der Waals surface area contributed by atoms with Gasteiger partial charge in [-0.15, -0.1) is 0 Å². The number of nitrogens with zero attached hydrogens (tertiary/aromatic N) is 2. The average Bonchev–Trinajstić information content (AvgIpc) is 3.04. The third-order valence-electron chi connectivity index (χ3n) is 7.43. The summed E-state index contributed by atoms with van der Waals surface area (Å²) in [7, 11) is 1.59. The van der Waals surface area contributed by atoms with E-state index in [-0.39, 0.29) is 37.2 Å². The molecule has 1 atom stereocenters. The number of ether oxygens (including phenoxy) is 1. The van der Waals surface area contributed by atoms with Crippen LogP contribution in [0.4, 0.5) is 0 Å². The molecule has 42 heavy (non-hydrogen) atoms. The number of nitrogens with one attached hydrogen (secondary N) is 1. The second kappa shape index (κ2) is 13.4. The maximum atomic E-state index is 14.1. The molecule has 214 valence electrons. The van der Waals surface area contributed by atoms with Gasteiger partial charge >= 0.3 is 0 Å². The number of amides is 3. The molecule has 1 aliphatic heterocycles. The van der Waals surface area contributed by atoms with Crippen LogP contribution in [0, 0.1) is 0 Å². The van der Waals surface area contributed by atoms with Crippen molar-refractivity contribution in [3.8, 4) is 5.75 Å². The molecule has 7 nitrogen and oxygen atoms in total. The van der Waals surface area contributed by atoms with Crippen molar-refractivity contribution in [2.75, 3.05) is 26.7 Å². The summed E-state index contributed by atoms with van der Waals surface area (Å²) in [6.45, 7) is 0.592. The van der Waals surface area contributed by atoms with Crippen molar-refractivity contribution >= 4 is 29.3 Å². The highest BCUT2D eigenvalue weighted by Gasteiger charge is 2.38. The van der Waals surface area contributed by atoms with Crippen molar-refractivity contribution in [1.29, 1.82) is 0 Å². The number of halogens is 1. The molecule has 1 N–H and O–H groups in total. The molecule has 0 bridgehead atoms. The first-order valence-corrected chi connectivity index (χ1v) is 14.2. The van der Waals surface area contributed by atoms with E-state index in [0.29, 0.717) is 22.9 Å². The highest BCUT2D eigenvalue weighted by atomic mass is 35.5. The van der Waals surface area contributed by atoms with Crippen LogP contribution in [-0.4, -0.2) is 60.3 Å². The average molecular weight is 582 g/mol. The van der Waals surface area contributed by atoms with Gasteiger partial charge in [0.05, 0.1) is 26.1 Å². The summed E-state index contributed by atoms with van der Waals surface area (Å²) in [4.78, 5) is 44.4. The van der Waals surface area contributed by atoms with Crippen LogP contribution < -0.4 is 10.1 Å². The SMILES string of the molecule is COc1ccc(CC(=O)N2CCN(C(=O)c3cccc(Cl)c3)C(C(=O)NC(c3ccccc3)c3ccccc3)C2)cc1. The fourth-order valence-electron chi connectivity index (χ4n) is 5.18. The molecule has 0 aliphatic carbocycles. The van der Waals surface area contributed by atoms with Crippen molar-refractivity contribution in [3.63, 3.8) is 0 Å². The molecule has 4 aromatic carbocycles. The molecule has 1 aliphatic rings. The van der Waals surface area contributed by atoms with Crippen molar-refractivity contribution in [2.24, 2.45) is 0 Å². The van der Waals surface area contributed by atoms with E-state index in [0.717, 1.165) is 16.7 Å². The van der Waals surface area contributed by atoms with Gasteiger partial charge in [-0.25, -0.2) is 0 Å².